The van der Waals surface area contributed by atoms with Crippen LogP contribution in [0.15, 0.2) is 85.8 Å². The SMILES string of the molecule is C=CC(=O)N1CC[C@H]1Cn1ccc2ncnc(Oc3ccc(Oc4ccccc4)cc3)c21. The first-order valence-corrected chi connectivity index (χ1v) is 10.4. The Morgan fingerprint density at radius 1 is 1.00 bits per heavy atom. The molecule has 160 valence electrons. The van der Waals surface area contributed by atoms with E-state index in [-0.39, 0.29) is 11.9 Å². The number of ether oxygens (including phenoxy) is 2. The first-order chi connectivity index (χ1) is 15.7. The first kappa shape index (κ1) is 19.8. The number of rotatable bonds is 7. The van der Waals surface area contributed by atoms with Crippen LogP contribution in [0.3, 0.4) is 0 Å². The average molecular weight is 426 g/mol. The summed E-state index contributed by atoms with van der Waals surface area (Å²) in [5.74, 6) is 2.57. The van der Waals surface area contributed by atoms with Gasteiger partial charge in [0, 0.05) is 19.3 Å². The van der Waals surface area contributed by atoms with Crippen LogP contribution >= 0.6 is 0 Å². The third-order valence-electron chi connectivity index (χ3n) is 5.54. The molecule has 1 aliphatic rings. The number of carbonyl (C=O) groups excluding carboxylic acids is 1. The highest BCUT2D eigenvalue weighted by Crippen LogP contribution is 2.31. The van der Waals surface area contributed by atoms with Crippen LogP contribution in [0.5, 0.6) is 23.1 Å². The molecule has 0 N–H and O–H groups in total. The van der Waals surface area contributed by atoms with Crippen LogP contribution in [0, 0.1) is 0 Å². The summed E-state index contributed by atoms with van der Waals surface area (Å²) in [5, 5.41) is 0. The van der Waals surface area contributed by atoms with Crippen molar-refractivity contribution in [3.63, 3.8) is 0 Å². The van der Waals surface area contributed by atoms with Gasteiger partial charge in [0.2, 0.25) is 11.8 Å². The van der Waals surface area contributed by atoms with E-state index in [1.54, 1.807) is 0 Å². The molecule has 1 saturated heterocycles. The van der Waals surface area contributed by atoms with Crippen molar-refractivity contribution >= 4 is 16.9 Å². The number of likely N-dealkylation sites (tertiary alicyclic amines) is 1. The van der Waals surface area contributed by atoms with E-state index < -0.39 is 0 Å². The van der Waals surface area contributed by atoms with Gasteiger partial charge in [0.15, 0.2) is 0 Å². The maximum Gasteiger partial charge on any atom is 0.247 e. The maximum absolute atomic E-state index is 12.0. The van der Waals surface area contributed by atoms with Crippen LogP contribution < -0.4 is 9.47 Å². The molecule has 0 bridgehead atoms. The molecule has 4 aromatic rings. The highest BCUT2D eigenvalue weighted by molar-refractivity contribution is 5.88. The number of fused-ring (bicyclic) bond motifs is 1. The molecule has 1 aliphatic heterocycles. The zero-order chi connectivity index (χ0) is 21.9. The molecule has 0 aliphatic carbocycles. The van der Waals surface area contributed by atoms with Crippen LogP contribution in [-0.2, 0) is 11.3 Å². The molecule has 3 heterocycles. The number of aromatic nitrogens is 3. The lowest BCUT2D eigenvalue weighted by atomic mass is 10.0. The summed E-state index contributed by atoms with van der Waals surface area (Å²) < 4.78 is 14.0. The highest BCUT2D eigenvalue weighted by Gasteiger charge is 2.31. The van der Waals surface area contributed by atoms with Crippen molar-refractivity contribution in [1.29, 1.82) is 0 Å². The second-order valence-electron chi connectivity index (χ2n) is 7.55. The molecule has 7 nitrogen and oxygen atoms in total. The van der Waals surface area contributed by atoms with Crippen LogP contribution in [-0.4, -0.2) is 37.9 Å². The Balaban J connectivity index is 1.35. The van der Waals surface area contributed by atoms with E-state index in [0.717, 1.165) is 35.5 Å². The Bertz CT molecular complexity index is 1250. The smallest absolute Gasteiger partial charge is 0.247 e. The van der Waals surface area contributed by atoms with Gasteiger partial charge in [0.25, 0.3) is 0 Å². The Morgan fingerprint density at radius 2 is 1.72 bits per heavy atom. The molecular formula is C25H22N4O3. The standard InChI is InChI=1S/C25H22N4O3/c1-2-23(30)29-15-12-18(29)16-28-14-13-22-24(28)25(27-17-26-22)32-21-10-8-20(9-11-21)31-19-6-4-3-5-7-19/h2-11,13-14,17-18H,1,12,15-16H2/t18-/m0/s1. The predicted octanol–water partition coefficient (Wildman–Crippen LogP) is 4.80. The monoisotopic (exact) mass is 426 g/mol. The number of carbonyl (C=O) groups is 1. The van der Waals surface area contributed by atoms with E-state index in [1.165, 1.54) is 12.4 Å². The van der Waals surface area contributed by atoms with Crippen molar-refractivity contribution in [2.75, 3.05) is 6.54 Å². The van der Waals surface area contributed by atoms with Crippen molar-refractivity contribution in [3.8, 4) is 23.1 Å². The van der Waals surface area contributed by atoms with Gasteiger partial charge in [-0.05, 0) is 55.0 Å². The molecule has 0 saturated carbocycles. The second-order valence-corrected chi connectivity index (χ2v) is 7.55. The van der Waals surface area contributed by atoms with Crippen molar-refractivity contribution in [1.82, 2.24) is 19.4 Å². The second kappa shape index (κ2) is 8.55. The molecule has 1 atom stereocenters. The maximum atomic E-state index is 12.0. The first-order valence-electron chi connectivity index (χ1n) is 10.4. The van der Waals surface area contributed by atoms with E-state index >= 15 is 0 Å². The van der Waals surface area contributed by atoms with Crippen LogP contribution in [0.2, 0.25) is 0 Å². The summed E-state index contributed by atoms with van der Waals surface area (Å²) in [6.45, 7) is 4.99. The zero-order valence-electron chi connectivity index (χ0n) is 17.4. The van der Waals surface area contributed by atoms with Gasteiger partial charge < -0.3 is 18.9 Å². The minimum absolute atomic E-state index is 0.0387. The van der Waals surface area contributed by atoms with Gasteiger partial charge in [-0.15, -0.1) is 0 Å². The van der Waals surface area contributed by atoms with E-state index in [9.17, 15) is 4.79 Å². The van der Waals surface area contributed by atoms with Crippen LogP contribution in [0.4, 0.5) is 0 Å². The molecule has 1 amide bonds. The van der Waals surface area contributed by atoms with Crippen molar-refractivity contribution in [3.05, 3.63) is 85.8 Å². The quantitative estimate of drug-likeness (QED) is 0.397. The normalized spacial score (nSPS) is 15.2. The van der Waals surface area contributed by atoms with Crippen molar-refractivity contribution in [2.45, 2.75) is 19.0 Å². The summed E-state index contributed by atoms with van der Waals surface area (Å²) in [6, 6.07) is 19.1. The fraction of sp³-hybridized carbons (Fsp3) is 0.160. The molecular weight excluding hydrogens is 404 g/mol. The van der Waals surface area contributed by atoms with Gasteiger partial charge in [0.1, 0.15) is 29.1 Å². The van der Waals surface area contributed by atoms with E-state index in [0.29, 0.717) is 18.2 Å². The Kier molecular flexibility index (Phi) is 5.29. The molecule has 0 unspecified atom stereocenters. The fourth-order valence-corrected chi connectivity index (χ4v) is 3.81. The van der Waals surface area contributed by atoms with Crippen molar-refractivity contribution < 1.29 is 14.3 Å². The molecule has 2 aromatic heterocycles. The number of hydrogen-bond acceptors (Lipinski definition) is 5. The third kappa shape index (κ3) is 3.92. The van der Waals surface area contributed by atoms with Gasteiger partial charge in [-0.2, -0.15) is 4.98 Å². The minimum atomic E-state index is -0.0387. The number of amides is 1. The lowest BCUT2D eigenvalue weighted by molar-refractivity contribution is -0.133. The number of benzene rings is 2. The third-order valence-corrected chi connectivity index (χ3v) is 5.54. The summed E-state index contributed by atoms with van der Waals surface area (Å²) in [4.78, 5) is 22.5. The number of hydrogen-bond donors (Lipinski definition) is 0. The zero-order valence-corrected chi connectivity index (χ0v) is 17.4. The number of para-hydroxylation sites is 1. The summed E-state index contributed by atoms with van der Waals surface area (Å²) in [7, 11) is 0. The molecule has 32 heavy (non-hydrogen) atoms. The average Bonchev–Trinajstić information content (AvgIpc) is 3.22. The molecule has 5 rings (SSSR count). The summed E-state index contributed by atoms with van der Waals surface area (Å²) in [5.41, 5.74) is 1.59. The largest absolute Gasteiger partial charge is 0.457 e. The van der Waals surface area contributed by atoms with Gasteiger partial charge in [-0.3, -0.25) is 4.79 Å². The number of nitrogens with zero attached hydrogens (tertiary/aromatic N) is 4. The molecule has 0 radical (unpaired) electrons. The lowest BCUT2D eigenvalue weighted by Gasteiger charge is -2.40. The fourth-order valence-electron chi connectivity index (χ4n) is 3.81. The predicted molar refractivity (Wildman–Crippen MR) is 121 cm³/mol. The van der Waals surface area contributed by atoms with Gasteiger partial charge in [-0.1, -0.05) is 24.8 Å². The van der Waals surface area contributed by atoms with E-state index in [4.69, 9.17) is 9.47 Å². The lowest BCUT2D eigenvalue weighted by Crippen LogP contribution is -2.52. The Labute approximate surface area is 185 Å². The molecule has 7 heteroatoms. The highest BCUT2D eigenvalue weighted by atomic mass is 16.5. The van der Waals surface area contributed by atoms with Gasteiger partial charge >= 0.3 is 0 Å². The van der Waals surface area contributed by atoms with Crippen molar-refractivity contribution in [2.24, 2.45) is 0 Å². The van der Waals surface area contributed by atoms with Crippen LogP contribution in [0.1, 0.15) is 6.42 Å². The topological polar surface area (TPSA) is 69.5 Å². The summed E-state index contributed by atoms with van der Waals surface area (Å²) in [6.07, 6.45) is 5.76. The molecule has 0 spiro atoms. The molecule has 1 fully saturated rings. The van der Waals surface area contributed by atoms with E-state index in [2.05, 4.69) is 16.5 Å². The van der Waals surface area contributed by atoms with Gasteiger partial charge in [0.05, 0.1) is 11.6 Å². The van der Waals surface area contributed by atoms with Crippen LogP contribution in [0.25, 0.3) is 11.0 Å². The Hall–Kier alpha value is -4.13. The van der Waals surface area contributed by atoms with Gasteiger partial charge in [-0.25, -0.2) is 4.98 Å². The molecule has 2 aromatic carbocycles. The van der Waals surface area contributed by atoms with E-state index in [1.807, 2.05) is 76.3 Å². The summed E-state index contributed by atoms with van der Waals surface area (Å²) >= 11 is 0. The Morgan fingerprint density at radius 3 is 2.41 bits per heavy atom. The minimum Gasteiger partial charge on any atom is -0.457 e.